The summed E-state index contributed by atoms with van der Waals surface area (Å²) in [5.74, 6) is -0.630. The average molecular weight is 275 g/mol. The molecule has 0 atom stereocenters. The van der Waals surface area contributed by atoms with E-state index in [0.717, 1.165) is 0 Å². The largest absolute Gasteiger partial charge is 0.478 e. The molecule has 0 aliphatic carbocycles. The molecule has 3 aromatic rings. The van der Waals surface area contributed by atoms with Crippen LogP contribution in [0.4, 0.5) is 0 Å². The molecule has 2 aromatic heterocycles. The molecule has 0 saturated heterocycles. The van der Waals surface area contributed by atoms with Gasteiger partial charge in [0.1, 0.15) is 10.7 Å². The number of rotatable bonds is 2. The van der Waals surface area contributed by atoms with Crippen molar-refractivity contribution in [1.82, 2.24) is 9.97 Å². The molecule has 0 unspecified atom stereocenters. The summed E-state index contributed by atoms with van der Waals surface area (Å²) in [7, 11) is 0. The second-order valence-electron chi connectivity index (χ2n) is 3.88. The maximum Gasteiger partial charge on any atom is 0.335 e. The third kappa shape index (κ3) is 2.15. The number of hydrogen-bond donors (Lipinski definition) is 1. The lowest BCUT2D eigenvalue weighted by atomic mass is 10.2. The van der Waals surface area contributed by atoms with E-state index in [1.54, 1.807) is 24.4 Å². The first kappa shape index (κ1) is 11.7. The highest BCUT2D eigenvalue weighted by molar-refractivity contribution is 6.29. The van der Waals surface area contributed by atoms with Gasteiger partial charge in [0.25, 0.3) is 0 Å². The Morgan fingerprint density at radius 1 is 1.26 bits per heavy atom. The van der Waals surface area contributed by atoms with Gasteiger partial charge in [0.2, 0.25) is 5.89 Å². The minimum atomic E-state index is -1.01. The molecule has 0 amide bonds. The molecule has 0 radical (unpaired) electrons. The average Bonchev–Trinajstić information content (AvgIpc) is 2.82. The fraction of sp³-hybridized carbons (Fsp3) is 0. The molecular weight excluding hydrogens is 268 g/mol. The molecular formula is C13H7ClN2O3. The predicted molar refractivity (Wildman–Crippen MR) is 69.2 cm³/mol. The van der Waals surface area contributed by atoms with Crippen molar-refractivity contribution in [3.8, 4) is 11.5 Å². The first-order chi connectivity index (χ1) is 9.13. The number of aromatic nitrogens is 2. The van der Waals surface area contributed by atoms with Crippen LogP contribution >= 0.6 is 11.6 Å². The lowest BCUT2D eigenvalue weighted by Gasteiger charge is -1.93. The van der Waals surface area contributed by atoms with Gasteiger partial charge >= 0.3 is 5.97 Å². The second-order valence-corrected chi connectivity index (χ2v) is 4.26. The Labute approximate surface area is 112 Å². The van der Waals surface area contributed by atoms with Gasteiger partial charge in [-0.15, -0.1) is 0 Å². The fourth-order valence-electron chi connectivity index (χ4n) is 1.68. The topological polar surface area (TPSA) is 76.2 Å². The minimum Gasteiger partial charge on any atom is -0.478 e. The molecule has 0 aliphatic heterocycles. The van der Waals surface area contributed by atoms with Gasteiger partial charge in [0.05, 0.1) is 11.1 Å². The van der Waals surface area contributed by atoms with E-state index in [-0.39, 0.29) is 5.56 Å². The van der Waals surface area contributed by atoms with Crippen LogP contribution in [0.2, 0.25) is 5.15 Å². The van der Waals surface area contributed by atoms with Crippen LogP contribution in [0.5, 0.6) is 0 Å². The molecule has 5 nitrogen and oxygen atoms in total. The third-order valence-corrected chi connectivity index (χ3v) is 2.83. The normalized spacial score (nSPS) is 10.8. The first-order valence-electron chi connectivity index (χ1n) is 5.39. The maximum atomic E-state index is 10.9. The SMILES string of the molecule is O=C(O)c1ccc2nc(-c3ccc(Cl)nc3)oc2c1. The Morgan fingerprint density at radius 3 is 2.79 bits per heavy atom. The van der Waals surface area contributed by atoms with Gasteiger partial charge in [-0.3, -0.25) is 0 Å². The molecule has 0 spiro atoms. The van der Waals surface area contributed by atoms with Gasteiger partial charge in [0, 0.05) is 6.20 Å². The van der Waals surface area contributed by atoms with Crippen LogP contribution < -0.4 is 0 Å². The van der Waals surface area contributed by atoms with E-state index in [0.29, 0.717) is 27.7 Å². The summed E-state index contributed by atoms with van der Waals surface area (Å²) < 4.78 is 5.53. The minimum absolute atomic E-state index is 0.157. The molecule has 0 fully saturated rings. The van der Waals surface area contributed by atoms with Gasteiger partial charge in [-0.05, 0) is 30.3 Å². The molecule has 94 valence electrons. The van der Waals surface area contributed by atoms with Crippen molar-refractivity contribution in [1.29, 1.82) is 0 Å². The van der Waals surface area contributed by atoms with Crippen molar-refractivity contribution < 1.29 is 14.3 Å². The highest BCUT2D eigenvalue weighted by Crippen LogP contribution is 2.25. The molecule has 1 N–H and O–H groups in total. The lowest BCUT2D eigenvalue weighted by molar-refractivity contribution is 0.0697. The molecule has 0 bridgehead atoms. The zero-order valence-electron chi connectivity index (χ0n) is 9.50. The number of nitrogens with zero attached hydrogens (tertiary/aromatic N) is 2. The van der Waals surface area contributed by atoms with Gasteiger partial charge in [-0.2, -0.15) is 0 Å². The molecule has 6 heteroatoms. The summed E-state index contributed by atoms with van der Waals surface area (Å²) in [6, 6.07) is 7.90. The van der Waals surface area contributed by atoms with Gasteiger partial charge in [-0.25, -0.2) is 14.8 Å². The summed E-state index contributed by atoms with van der Waals surface area (Å²) in [4.78, 5) is 19.1. The highest BCUT2D eigenvalue weighted by atomic mass is 35.5. The standard InChI is InChI=1S/C13H7ClN2O3/c14-11-4-2-8(6-15-11)12-16-9-3-1-7(13(17)18)5-10(9)19-12/h1-6H,(H,17,18). The van der Waals surface area contributed by atoms with Crippen molar-refractivity contribution in [2.45, 2.75) is 0 Å². The molecule has 1 aromatic carbocycles. The Balaban J connectivity index is 2.11. The van der Waals surface area contributed by atoms with E-state index in [1.807, 2.05) is 0 Å². The number of benzene rings is 1. The fourth-order valence-corrected chi connectivity index (χ4v) is 1.80. The number of carboxylic acid groups (broad SMARTS) is 1. The summed E-state index contributed by atoms with van der Waals surface area (Å²) in [6.07, 6.45) is 1.55. The van der Waals surface area contributed by atoms with Crippen molar-refractivity contribution in [2.75, 3.05) is 0 Å². The Bertz CT molecular complexity index is 765. The van der Waals surface area contributed by atoms with E-state index in [4.69, 9.17) is 21.1 Å². The van der Waals surface area contributed by atoms with Gasteiger partial charge in [-0.1, -0.05) is 11.6 Å². The third-order valence-electron chi connectivity index (χ3n) is 2.61. The Hall–Kier alpha value is -2.40. The molecule has 2 heterocycles. The summed E-state index contributed by atoms with van der Waals surface area (Å²) >= 11 is 5.71. The number of carboxylic acids is 1. The number of pyridine rings is 1. The second kappa shape index (κ2) is 4.37. The van der Waals surface area contributed by atoms with Crippen LogP contribution in [0.1, 0.15) is 10.4 Å². The number of carbonyl (C=O) groups is 1. The van der Waals surface area contributed by atoms with Gasteiger partial charge in [0.15, 0.2) is 5.58 Å². The number of oxazole rings is 1. The number of fused-ring (bicyclic) bond motifs is 1. The maximum absolute atomic E-state index is 10.9. The van der Waals surface area contributed by atoms with Crippen molar-refractivity contribution in [2.24, 2.45) is 0 Å². The quantitative estimate of drug-likeness (QED) is 0.726. The van der Waals surface area contributed by atoms with E-state index >= 15 is 0 Å². The van der Waals surface area contributed by atoms with Crippen molar-refractivity contribution in [3.63, 3.8) is 0 Å². The smallest absolute Gasteiger partial charge is 0.335 e. The number of hydrogen-bond acceptors (Lipinski definition) is 4. The van der Waals surface area contributed by atoms with Crippen LogP contribution in [0, 0.1) is 0 Å². The first-order valence-corrected chi connectivity index (χ1v) is 5.77. The predicted octanol–water partition coefficient (Wildman–Crippen LogP) is 3.24. The van der Waals surface area contributed by atoms with Crippen molar-refractivity contribution >= 4 is 28.7 Å². The Morgan fingerprint density at radius 2 is 2.11 bits per heavy atom. The van der Waals surface area contributed by atoms with E-state index in [9.17, 15) is 4.79 Å². The number of halogens is 1. The van der Waals surface area contributed by atoms with Gasteiger partial charge < -0.3 is 9.52 Å². The molecule has 3 rings (SSSR count). The zero-order chi connectivity index (χ0) is 13.4. The van der Waals surface area contributed by atoms with Crippen LogP contribution in [0.15, 0.2) is 40.9 Å². The van der Waals surface area contributed by atoms with Crippen LogP contribution in [0.3, 0.4) is 0 Å². The van der Waals surface area contributed by atoms with E-state index < -0.39 is 5.97 Å². The van der Waals surface area contributed by atoms with Crippen LogP contribution in [-0.4, -0.2) is 21.0 Å². The monoisotopic (exact) mass is 274 g/mol. The van der Waals surface area contributed by atoms with Crippen LogP contribution in [-0.2, 0) is 0 Å². The van der Waals surface area contributed by atoms with Crippen molar-refractivity contribution in [3.05, 3.63) is 47.2 Å². The molecule has 0 aliphatic rings. The molecule has 0 saturated carbocycles. The summed E-state index contributed by atoms with van der Waals surface area (Å²) in [5, 5.41) is 9.29. The van der Waals surface area contributed by atoms with E-state index in [2.05, 4.69) is 9.97 Å². The van der Waals surface area contributed by atoms with Crippen LogP contribution in [0.25, 0.3) is 22.6 Å². The molecule has 19 heavy (non-hydrogen) atoms. The summed E-state index contributed by atoms with van der Waals surface area (Å²) in [6.45, 7) is 0. The van der Waals surface area contributed by atoms with E-state index in [1.165, 1.54) is 12.1 Å². The zero-order valence-corrected chi connectivity index (χ0v) is 10.3. The number of aromatic carboxylic acids is 1. The lowest BCUT2D eigenvalue weighted by Crippen LogP contribution is -1.94. The Kier molecular flexibility index (Phi) is 2.68. The highest BCUT2D eigenvalue weighted by Gasteiger charge is 2.11. The summed E-state index contributed by atoms with van der Waals surface area (Å²) in [5.41, 5.74) is 1.85.